The van der Waals surface area contributed by atoms with Crippen molar-refractivity contribution in [3.05, 3.63) is 46.9 Å². The Kier molecular flexibility index (Phi) is 2.84. The average Bonchev–Trinajstić information content (AvgIpc) is 2.88. The highest BCUT2D eigenvalue weighted by Crippen LogP contribution is 2.44. The van der Waals surface area contributed by atoms with Gasteiger partial charge in [0.2, 0.25) is 0 Å². The summed E-state index contributed by atoms with van der Waals surface area (Å²) in [6.45, 7) is 1.06. The highest BCUT2D eigenvalue weighted by atomic mass is 16.4. The Morgan fingerprint density at radius 2 is 2.19 bits per heavy atom. The molecule has 4 rings (SSSR count). The number of fused-ring (bicyclic) bond motifs is 5. The first-order valence-corrected chi connectivity index (χ1v) is 7.62. The van der Waals surface area contributed by atoms with Crippen LogP contribution in [0.15, 0.2) is 30.1 Å². The molecule has 2 aliphatic carbocycles. The molecule has 0 saturated carbocycles. The standard InChI is InChI=1S/C17H18N2O2/c20-17(21)11-8-10-2-1-3-12-13-6-7-18-15(13)5-4-14(12)16(10)19-9-11/h4-5,8-9,12-13,18H,1-3,6-7H2,(H,20,21). The summed E-state index contributed by atoms with van der Waals surface area (Å²) in [5, 5.41) is 12.6. The van der Waals surface area contributed by atoms with Crippen LogP contribution in [0.4, 0.5) is 0 Å². The zero-order chi connectivity index (χ0) is 14.4. The number of rotatable bonds is 1. The van der Waals surface area contributed by atoms with Crippen LogP contribution in [0.3, 0.4) is 0 Å². The molecule has 0 aromatic carbocycles. The highest BCUT2D eigenvalue weighted by Gasteiger charge is 2.36. The molecule has 21 heavy (non-hydrogen) atoms. The number of nitrogens with one attached hydrogen (secondary N) is 1. The fourth-order valence-electron chi connectivity index (χ4n) is 3.98. The molecule has 1 saturated heterocycles. The molecule has 2 unspecified atom stereocenters. The van der Waals surface area contributed by atoms with Crippen LogP contribution in [0.1, 0.15) is 40.9 Å². The fraction of sp³-hybridized carbons (Fsp3) is 0.412. The predicted molar refractivity (Wildman–Crippen MR) is 79.8 cm³/mol. The molecule has 1 aromatic rings. The van der Waals surface area contributed by atoms with Crippen LogP contribution >= 0.6 is 0 Å². The summed E-state index contributed by atoms with van der Waals surface area (Å²) in [6, 6.07) is 1.81. The van der Waals surface area contributed by atoms with E-state index < -0.39 is 5.97 Å². The van der Waals surface area contributed by atoms with E-state index in [1.165, 1.54) is 23.9 Å². The highest BCUT2D eigenvalue weighted by molar-refractivity contribution is 5.88. The predicted octanol–water partition coefficient (Wildman–Crippen LogP) is 2.62. The van der Waals surface area contributed by atoms with E-state index in [4.69, 9.17) is 5.11 Å². The Labute approximate surface area is 123 Å². The first-order chi connectivity index (χ1) is 10.2. The topological polar surface area (TPSA) is 62.2 Å². The molecule has 0 radical (unpaired) electrons. The van der Waals surface area contributed by atoms with E-state index in [0.29, 0.717) is 17.4 Å². The first kappa shape index (κ1) is 12.6. The molecular formula is C17H18N2O2. The lowest BCUT2D eigenvalue weighted by atomic mass is 9.77. The molecule has 4 nitrogen and oxygen atoms in total. The van der Waals surface area contributed by atoms with Gasteiger partial charge in [0.1, 0.15) is 0 Å². The van der Waals surface area contributed by atoms with Crippen LogP contribution in [0.5, 0.6) is 0 Å². The Bertz CT molecular complexity index is 675. The second-order valence-corrected chi connectivity index (χ2v) is 6.10. The van der Waals surface area contributed by atoms with Crippen LogP contribution in [0, 0.1) is 11.8 Å². The van der Waals surface area contributed by atoms with Gasteiger partial charge in [-0.05, 0) is 54.9 Å². The summed E-state index contributed by atoms with van der Waals surface area (Å²) < 4.78 is 0. The maximum absolute atomic E-state index is 11.1. The second-order valence-electron chi connectivity index (χ2n) is 6.10. The molecule has 0 bridgehead atoms. The molecule has 2 heterocycles. The molecule has 4 heteroatoms. The summed E-state index contributed by atoms with van der Waals surface area (Å²) in [5.41, 5.74) is 5.07. The van der Waals surface area contributed by atoms with Gasteiger partial charge in [-0.1, -0.05) is 6.08 Å². The molecule has 1 fully saturated rings. The minimum atomic E-state index is -0.897. The number of hydrogen-bond donors (Lipinski definition) is 2. The molecular weight excluding hydrogens is 264 g/mol. The largest absolute Gasteiger partial charge is 0.478 e. The molecule has 0 spiro atoms. The van der Waals surface area contributed by atoms with Gasteiger partial charge in [-0.25, -0.2) is 4.79 Å². The van der Waals surface area contributed by atoms with Crippen LogP contribution in [0.25, 0.3) is 5.57 Å². The minimum absolute atomic E-state index is 0.294. The summed E-state index contributed by atoms with van der Waals surface area (Å²) in [4.78, 5) is 15.6. The normalized spacial score (nSPS) is 26.5. The number of hydrogen-bond acceptors (Lipinski definition) is 3. The maximum Gasteiger partial charge on any atom is 0.337 e. The number of carboxylic acid groups (broad SMARTS) is 1. The van der Waals surface area contributed by atoms with E-state index >= 15 is 0 Å². The zero-order valence-corrected chi connectivity index (χ0v) is 11.8. The number of carbonyl (C=O) groups is 1. The van der Waals surface area contributed by atoms with Crippen molar-refractivity contribution in [1.82, 2.24) is 10.3 Å². The van der Waals surface area contributed by atoms with Gasteiger partial charge in [-0.15, -0.1) is 0 Å². The number of pyridine rings is 1. The molecule has 0 amide bonds. The summed E-state index contributed by atoms with van der Waals surface area (Å²) >= 11 is 0. The minimum Gasteiger partial charge on any atom is -0.478 e. The third-order valence-corrected chi connectivity index (χ3v) is 4.96. The quantitative estimate of drug-likeness (QED) is 0.831. The van der Waals surface area contributed by atoms with Crippen LogP contribution in [-0.4, -0.2) is 22.6 Å². The lowest BCUT2D eigenvalue weighted by Gasteiger charge is -2.28. The molecule has 2 N–H and O–H groups in total. The van der Waals surface area contributed by atoms with Crippen molar-refractivity contribution in [2.75, 3.05) is 6.54 Å². The van der Waals surface area contributed by atoms with Crippen molar-refractivity contribution in [2.45, 2.75) is 25.7 Å². The number of aromatic nitrogens is 1. The molecule has 108 valence electrons. The van der Waals surface area contributed by atoms with Gasteiger partial charge in [0.25, 0.3) is 0 Å². The van der Waals surface area contributed by atoms with Crippen molar-refractivity contribution in [3.8, 4) is 0 Å². The Balaban J connectivity index is 1.81. The SMILES string of the molecule is O=C(O)c1cnc2c(c1)CCCC1C2=CC=C2NCCC21. The monoisotopic (exact) mass is 282 g/mol. The maximum atomic E-state index is 11.1. The van der Waals surface area contributed by atoms with E-state index in [1.54, 1.807) is 6.07 Å². The van der Waals surface area contributed by atoms with Gasteiger partial charge in [0, 0.05) is 24.4 Å². The smallest absolute Gasteiger partial charge is 0.337 e. The third kappa shape index (κ3) is 1.97. The van der Waals surface area contributed by atoms with E-state index in [0.717, 1.165) is 37.1 Å². The van der Waals surface area contributed by atoms with Gasteiger partial charge >= 0.3 is 5.97 Å². The van der Waals surface area contributed by atoms with Gasteiger partial charge < -0.3 is 10.4 Å². The molecule has 3 aliphatic rings. The summed E-state index contributed by atoms with van der Waals surface area (Å²) in [5.74, 6) is 0.229. The summed E-state index contributed by atoms with van der Waals surface area (Å²) in [7, 11) is 0. The van der Waals surface area contributed by atoms with E-state index in [-0.39, 0.29) is 0 Å². The van der Waals surface area contributed by atoms with E-state index in [9.17, 15) is 4.79 Å². The van der Waals surface area contributed by atoms with E-state index in [1.807, 2.05) is 0 Å². The van der Waals surface area contributed by atoms with Crippen molar-refractivity contribution in [1.29, 1.82) is 0 Å². The van der Waals surface area contributed by atoms with Crippen molar-refractivity contribution in [2.24, 2.45) is 11.8 Å². The number of allylic oxidation sites excluding steroid dienone is 4. The molecule has 1 aromatic heterocycles. The zero-order valence-electron chi connectivity index (χ0n) is 11.8. The van der Waals surface area contributed by atoms with Gasteiger partial charge in [-0.2, -0.15) is 0 Å². The summed E-state index contributed by atoms with van der Waals surface area (Å²) in [6.07, 6.45) is 10.2. The lowest BCUT2D eigenvalue weighted by molar-refractivity contribution is 0.0696. The number of aromatic carboxylic acids is 1. The first-order valence-electron chi connectivity index (χ1n) is 7.62. The number of aryl methyl sites for hydroxylation is 1. The van der Waals surface area contributed by atoms with Gasteiger partial charge in [-0.3, -0.25) is 4.98 Å². The third-order valence-electron chi connectivity index (χ3n) is 4.96. The van der Waals surface area contributed by atoms with Crippen molar-refractivity contribution >= 4 is 11.5 Å². The Morgan fingerprint density at radius 3 is 3.05 bits per heavy atom. The second kappa shape index (κ2) is 4.72. The number of carboxylic acids is 1. The lowest BCUT2D eigenvalue weighted by Crippen LogP contribution is -2.20. The van der Waals surface area contributed by atoms with Gasteiger partial charge in [0.05, 0.1) is 11.3 Å². The molecule has 1 aliphatic heterocycles. The van der Waals surface area contributed by atoms with E-state index in [2.05, 4.69) is 22.5 Å². The number of nitrogens with zero attached hydrogens (tertiary/aromatic N) is 1. The Hall–Kier alpha value is -2.10. The van der Waals surface area contributed by atoms with Crippen molar-refractivity contribution in [3.63, 3.8) is 0 Å². The van der Waals surface area contributed by atoms with Crippen LogP contribution in [0.2, 0.25) is 0 Å². The van der Waals surface area contributed by atoms with Crippen molar-refractivity contribution < 1.29 is 9.90 Å². The van der Waals surface area contributed by atoms with Gasteiger partial charge in [0.15, 0.2) is 0 Å². The Morgan fingerprint density at radius 1 is 1.29 bits per heavy atom. The molecule has 2 atom stereocenters. The van der Waals surface area contributed by atoms with Crippen LogP contribution in [-0.2, 0) is 6.42 Å². The average molecular weight is 282 g/mol. The van der Waals surface area contributed by atoms with Crippen LogP contribution < -0.4 is 5.32 Å². The fourth-order valence-corrected chi connectivity index (χ4v) is 3.98.